The van der Waals surface area contributed by atoms with E-state index in [-0.39, 0.29) is 11.9 Å². The molecular formula is C19H24N2O2. The maximum absolute atomic E-state index is 12.6. The van der Waals surface area contributed by atoms with Crippen LogP contribution < -0.4 is 5.32 Å². The van der Waals surface area contributed by atoms with Gasteiger partial charge in [-0.1, -0.05) is 42.5 Å². The summed E-state index contributed by atoms with van der Waals surface area (Å²) in [5.41, 5.74) is 1.27. The standard InChI is InChI=1S/C19H24N2O2/c1-2-21(19(23)18-12-16(22)13-20-18)11-10-15-8-5-7-14-6-3-4-9-17(14)15/h3-9,16,18,20,22H,2,10-13H2,1H3/t16?,18-/m0/s1. The van der Waals surface area contributed by atoms with E-state index in [0.29, 0.717) is 26.1 Å². The molecule has 1 amide bonds. The summed E-state index contributed by atoms with van der Waals surface area (Å²) in [4.78, 5) is 14.4. The van der Waals surface area contributed by atoms with Crippen molar-refractivity contribution in [3.05, 3.63) is 48.0 Å². The van der Waals surface area contributed by atoms with E-state index in [1.165, 1.54) is 16.3 Å². The van der Waals surface area contributed by atoms with Gasteiger partial charge < -0.3 is 15.3 Å². The fourth-order valence-corrected chi connectivity index (χ4v) is 3.32. The Hall–Kier alpha value is -1.91. The van der Waals surface area contributed by atoms with Crippen molar-refractivity contribution < 1.29 is 9.90 Å². The molecule has 0 aromatic heterocycles. The Bertz CT molecular complexity index is 681. The number of β-amino-alcohol motifs (C(OH)–C–C–N with tert-alkyl or cyclic N) is 1. The predicted molar refractivity (Wildman–Crippen MR) is 92.3 cm³/mol. The highest BCUT2D eigenvalue weighted by Crippen LogP contribution is 2.19. The summed E-state index contributed by atoms with van der Waals surface area (Å²) in [6, 6.07) is 14.4. The number of aliphatic hydroxyl groups excluding tert-OH is 1. The lowest BCUT2D eigenvalue weighted by molar-refractivity contribution is -0.133. The minimum absolute atomic E-state index is 0.101. The van der Waals surface area contributed by atoms with Crippen LogP contribution in [0.2, 0.25) is 0 Å². The summed E-state index contributed by atoms with van der Waals surface area (Å²) >= 11 is 0. The second kappa shape index (κ2) is 7.11. The van der Waals surface area contributed by atoms with E-state index in [4.69, 9.17) is 0 Å². The van der Waals surface area contributed by atoms with Crippen LogP contribution in [0, 0.1) is 0 Å². The molecule has 3 rings (SSSR count). The van der Waals surface area contributed by atoms with Crippen LogP contribution in [0.5, 0.6) is 0 Å². The van der Waals surface area contributed by atoms with Gasteiger partial charge in [0.25, 0.3) is 0 Å². The molecule has 2 aromatic rings. The molecule has 2 aromatic carbocycles. The average molecular weight is 312 g/mol. The first-order valence-electron chi connectivity index (χ1n) is 8.36. The molecule has 4 nitrogen and oxygen atoms in total. The van der Waals surface area contributed by atoms with Crippen LogP contribution in [0.4, 0.5) is 0 Å². The Kier molecular flexibility index (Phi) is 4.94. The average Bonchev–Trinajstić information content (AvgIpc) is 3.02. The molecule has 2 N–H and O–H groups in total. The lowest BCUT2D eigenvalue weighted by Crippen LogP contribution is -2.44. The van der Waals surface area contributed by atoms with Crippen LogP contribution in [0.25, 0.3) is 10.8 Å². The number of aliphatic hydroxyl groups is 1. The van der Waals surface area contributed by atoms with Crippen LogP contribution >= 0.6 is 0 Å². The van der Waals surface area contributed by atoms with Gasteiger partial charge in [0, 0.05) is 19.6 Å². The Morgan fingerprint density at radius 3 is 2.78 bits per heavy atom. The Morgan fingerprint density at radius 2 is 2.04 bits per heavy atom. The Labute approximate surface area is 137 Å². The molecule has 4 heteroatoms. The zero-order chi connectivity index (χ0) is 16.2. The van der Waals surface area contributed by atoms with Crippen molar-refractivity contribution in [2.24, 2.45) is 0 Å². The number of nitrogens with zero attached hydrogens (tertiary/aromatic N) is 1. The molecule has 0 saturated carbocycles. The third-order valence-electron chi connectivity index (χ3n) is 4.63. The summed E-state index contributed by atoms with van der Waals surface area (Å²) in [6.45, 7) is 3.92. The molecule has 23 heavy (non-hydrogen) atoms. The highest BCUT2D eigenvalue weighted by atomic mass is 16.3. The highest BCUT2D eigenvalue weighted by molar-refractivity contribution is 5.86. The number of benzene rings is 2. The normalized spacial score (nSPS) is 20.8. The van der Waals surface area contributed by atoms with E-state index in [0.717, 1.165) is 6.42 Å². The zero-order valence-corrected chi connectivity index (χ0v) is 13.5. The number of amides is 1. The highest BCUT2D eigenvalue weighted by Gasteiger charge is 2.30. The molecule has 1 saturated heterocycles. The molecular weight excluding hydrogens is 288 g/mol. The maximum Gasteiger partial charge on any atom is 0.239 e. The van der Waals surface area contributed by atoms with E-state index < -0.39 is 6.10 Å². The van der Waals surface area contributed by atoms with Crippen molar-refractivity contribution in [1.29, 1.82) is 0 Å². The molecule has 0 bridgehead atoms. The first-order valence-corrected chi connectivity index (χ1v) is 8.36. The van der Waals surface area contributed by atoms with Crippen LogP contribution in [-0.4, -0.2) is 47.7 Å². The van der Waals surface area contributed by atoms with Gasteiger partial charge in [-0.05, 0) is 36.1 Å². The smallest absolute Gasteiger partial charge is 0.239 e. The first kappa shape index (κ1) is 16.0. The lowest BCUT2D eigenvalue weighted by atomic mass is 10.0. The zero-order valence-electron chi connectivity index (χ0n) is 13.5. The van der Waals surface area contributed by atoms with Gasteiger partial charge in [0.15, 0.2) is 0 Å². The van der Waals surface area contributed by atoms with Gasteiger partial charge in [0.1, 0.15) is 0 Å². The van der Waals surface area contributed by atoms with Gasteiger partial charge in [0.2, 0.25) is 5.91 Å². The largest absolute Gasteiger partial charge is 0.392 e. The SMILES string of the molecule is CCN(CCc1cccc2ccccc12)C(=O)[C@@H]1CC(O)CN1. The fourth-order valence-electron chi connectivity index (χ4n) is 3.32. The summed E-state index contributed by atoms with van der Waals surface area (Å²) in [5.74, 6) is 0.101. The molecule has 1 fully saturated rings. The van der Waals surface area contributed by atoms with Crippen molar-refractivity contribution >= 4 is 16.7 Å². The van der Waals surface area contributed by atoms with Gasteiger partial charge in [-0.25, -0.2) is 0 Å². The van der Waals surface area contributed by atoms with Gasteiger partial charge in [-0.3, -0.25) is 4.79 Å². The summed E-state index contributed by atoms with van der Waals surface area (Å²) in [7, 11) is 0. The number of hydrogen-bond donors (Lipinski definition) is 2. The monoisotopic (exact) mass is 312 g/mol. The van der Waals surface area contributed by atoms with Gasteiger partial charge >= 0.3 is 0 Å². The minimum atomic E-state index is -0.402. The summed E-state index contributed by atoms with van der Waals surface area (Å²) in [6.07, 6.45) is 0.959. The molecule has 0 radical (unpaired) electrons. The van der Waals surface area contributed by atoms with E-state index in [1.807, 2.05) is 17.9 Å². The number of likely N-dealkylation sites (N-methyl/N-ethyl adjacent to an activating group) is 1. The van der Waals surface area contributed by atoms with Crippen LogP contribution in [0.3, 0.4) is 0 Å². The van der Waals surface area contributed by atoms with E-state index in [2.05, 4.69) is 41.7 Å². The molecule has 0 aliphatic carbocycles. The Morgan fingerprint density at radius 1 is 1.26 bits per heavy atom. The third-order valence-corrected chi connectivity index (χ3v) is 4.63. The maximum atomic E-state index is 12.6. The first-order chi connectivity index (χ1) is 11.2. The molecule has 122 valence electrons. The molecule has 1 heterocycles. The van der Waals surface area contributed by atoms with Crippen LogP contribution in [-0.2, 0) is 11.2 Å². The summed E-state index contributed by atoms with van der Waals surface area (Å²) in [5, 5.41) is 15.2. The number of nitrogens with one attached hydrogen (secondary N) is 1. The van der Waals surface area contributed by atoms with Gasteiger partial charge in [0.05, 0.1) is 12.1 Å². The number of fused-ring (bicyclic) bond motifs is 1. The predicted octanol–water partition coefficient (Wildman–Crippen LogP) is 1.95. The molecule has 1 aliphatic heterocycles. The quantitative estimate of drug-likeness (QED) is 0.887. The summed E-state index contributed by atoms with van der Waals surface area (Å²) < 4.78 is 0. The van der Waals surface area contributed by atoms with E-state index in [1.54, 1.807) is 0 Å². The van der Waals surface area contributed by atoms with Gasteiger partial charge in [-0.15, -0.1) is 0 Å². The molecule has 1 unspecified atom stereocenters. The van der Waals surface area contributed by atoms with Crippen molar-refractivity contribution in [2.75, 3.05) is 19.6 Å². The lowest BCUT2D eigenvalue weighted by Gasteiger charge is -2.24. The van der Waals surface area contributed by atoms with Crippen LogP contribution in [0.15, 0.2) is 42.5 Å². The number of carbonyl (C=O) groups excluding carboxylic acids is 1. The van der Waals surface area contributed by atoms with Crippen molar-refractivity contribution in [3.63, 3.8) is 0 Å². The number of carbonyl (C=O) groups is 1. The van der Waals surface area contributed by atoms with E-state index in [9.17, 15) is 9.90 Å². The Balaban J connectivity index is 1.69. The van der Waals surface area contributed by atoms with Crippen LogP contribution in [0.1, 0.15) is 18.9 Å². The van der Waals surface area contributed by atoms with Gasteiger partial charge in [-0.2, -0.15) is 0 Å². The van der Waals surface area contributed by atoms with Crippen molar-refractivity contribution in [1.82, 2.24) is 10.2 Å². The molecule has 2 atom stereocenters. The second-order valence-electron chi connectivity index (χ2n) is 6.16. The second-order valence-corrected chi connectivity index (χ2v) is 6.16. The van der Waals surface area contributed by atoms with Crippen molar-refractivity contribution in [3.8, 4) is 0 Å². The minimum Gasteiger partial charge on any atom is -0.392 e. The molecule has 0 spiro atoms. The molecule has 1 aliphatic rings. The topological polar surface area (TPSA) is 52.6 Å². The van der Waals surface area contributed by atoms with E-state index >= 15 is 0 Å². The number of hydrogen-bond acceptors (Lipinski definition) is 3. The third kappa shape index (κ3) is 3.54. The fraction of sp³-hybridized carbons (Fsp3) is 0.421. The van der Waals surface area contributed by atoms with Crippen molar-refractivity contribution in [2.45, 2.75) is 31.9 Å². The number of rotatable bonds is 5.